The number of nitrogens with one attached hydrogen (secondary N) is 1. The van der Waals surface area contributed by atoms with E-state index in [-0.39, 0.29) is 6.04 Å². The topological polar surface area (TPSA) is 82.3 Å². The third-order valence-electron chi connectivity index (χ3n) is 2.74. The van der Waals surface area contributed by atoms with E-state index in [0.717, 1.165) is 0 Å². The standard InChI is InChI=1S/C12H20N2O3/c1-11(2,3)17-10(15)14-9-4-6-12(16,8-13)7-5-9/h9,16H,4-7H2,1-3H3,(H,14,15). The van der Waals surface area contributed by atoms with Crippen LogP contribution < -0.4 is 5.32 Å². The number of carbonyl (C=O) groups is 1. The second-order valence-corrected chi connectivity index (χ2v) is 5.56. The van der Waals surface area contributed by atoms with Gasteiger partial charge in [-0.25, -0.2) is 4.79 Å². The van der Waals surface area contributed by atoms with E-state index < -0.39 is 17.3 Å². The normalized spacial score (nSPS) is 29.2. The van der Waals surface area contributed by atoms with Gasteiger partial charge < -0.3 is 15.2 Å². The van der Waals surface area contributed by atoms with Crippen LogP contribution >= 0.6 is 0 Å². The van der Waals surface area contributed by atoms with Crippen molar-refractivity contribution in [2.75, 3.05) is 0 Å². The Morgan fingerprint density at radius 1 is 1.47 bits per heavy atom. The lowest BCUT2D eigenvalue weighted by Crippen LogP contribution is -2.44. The molecule has 1 aliphatic rings. The Balaban J connectivity index is 2.37. The van der Waals surface area contributed by atoms with Gasteiger partial charge in [-0.05, 0) is 46.5 Å². The number of aliphatic hydroxyl groups is 1. The van der Waals surface area contributed by atoms with E-state index in [0.29, 0.717) is 25.7 Å². The van der Waals surface area contributed by atoms with Crippen molar-refractivity contribution in [3.63, 3.8) is 0 Å². The van der Waals surface area contributed by atoms with Crippen molar-refractivity contribution in [2.24, 2.45) is 0 Å². The Hall–Kier alpha value is -1.28. The van der Waals surface area contributed by atoms with Crippen LogP contribution in [0, 0.1) is 11.3 Å². The molecule has 0 unspecified atom stereocenters. The first-order valence-electron chi connectivity index (χ1n) is 5.87. The molecule has 2 N–H and O–H groups in total. The van der Waals surface area contributed by atoms with E-state index in [4.69, 9.17) is 10.00 Å². The lowest BCUT2D eigenvalue weighted by Gasteiger charge is -2.31. The van der Waals surface area contributed by atoms with Gasteiger partial charge in [0, 0.05) is 6.04 Å². The molecule has 0 atom stereocenters. The SMILES string of the molecule is CC(C)(C)OC(=O)NC1CCC(O)(C#N)CC1. The highest BCUT2D eigenvalue weighted by atomic mass is 16.6. The first-order valence-corrected chi connectivity index (χ1v) is 5.87. The van der Waals surface area contributed by atoms with Gasteiger partial charge in [-0.1, -0.05) is 0 Å². The van der Waals surface area contributed by atoms with Gasteiger partial charge in [0.2, 0.25) is 0 Å². The van der Waals surface area contributed by atoms with Crippen LogP contribution in [0.25, 0.3) is 0 Å². The van der Waals surface area contributed by atoms with E-state index in [1.54, 1.807) is 0 Å². The first-order chi connectivity index (χ1) is 7.74. The van der Waals surface area contributed by atoms with Gasteiger partial charge in [0.05, 0.1) is 6.07 Å². The van der Waals surface area contributed by atoms with Crippen LogP contribution in [0.3, 0.4) is 0 Å². The van der Waals surface area contributed by atoms with Gasteiger partial charge in [0.1, 0.15) is 5.60 Å². The maximum atomic E-state index is 11.5. The maximum absolute atomic E-state index is 11.5. The van der Waals surface area contributed by atoms with Crippen LogP contribution in [0.1, 0.15) is 46.5 Å². The van der Waals surface area contributed by atoms with E-state index >= 15 is 0 Å². The van der Waals surface area contributed by atoms with Gasteiger partial charge in [-0.15, -0.1) is 0 Å². The molecule has 0 spiro atoms. The molecule has 17 heavy (non-hydrogen) atoms. The van der Waals surface area contributed by atoms with Crippen molar-refractivity contribution in [1.82, 2.24) is 5.32 Å². The van der Waals surface area contributed by atoms with Crippen LogP contribution in [0.5, 0.6) is 0 Å². The molecule has 0 aliphatic heterocycles. The summed E-state index contributed by atoms with van der Waals surface area (Å²) in [6.07, 6.45) is 1.55. The molecule has 1 aliphatic carbocycles. The third-order valence-corrected chi connectivity index (χ3v) is 2.74. The third kappa shape index (κ3) is 4.61. The molecule has 0 bridgehead atoms. The molecule has 0 saturated heterocycles. The minimum Gasteiger partial charge on any atom is -0.444 e. The summed E-state index contributed by atoms with van der Waals surface area (Å²) >= 11 is 0. The zero-order valence-electron chi connectivity index (χ0n) is 10.6. The fourth-order valence-electron chi connectivity index (χ4n) is 1.83. The number of alkyl carbamates (subject to hydrolysis) is 1. The average molecular weight is 240 g/mol. The molecule has 5 nitrogen and oxygen atoms in total. The zero-order valence-corrected chi connectivity index (χ0v) is 10.6. The number of carbonyl (C=O) groups excluding carboxylic acids is 1. The second kappa shape index (κ2) is 4.92. The average Bonchev–Trinajstić information content (AvgIpc) is 2.19. The van der Waals surface area contributed by atoms with E-state index in [9.17, 15) is 9.90 Å². The van der Waals surface area contributed by atoms with Crippen LogP contribution in [0.4, 0.5) is 4.79 Å². The lowest BCUT2D eigenvalue weighted by molar-refractivity contribution is 0.0334. The summed E-state index contributed by atoms with van der Waals surface area (Å²) in [6, 6.07) is 1.89. The molecule has 5 heteroatoms. The molecule has 1 amide bonds. The minimum absolute atomic E-state index is 0.0153. The number of hydrogen-bond donors (Lipinski definition) is 2. The Bertz CT molecular complexity index is 320. The summed E-state index contributed by atoms with van der Waals surface area (Å²) in [6.45, 7) is 5.42. The molecule has 1 saturated carbocycles. The molecule has 0 aromatic heterocycles. The number of rotatable bonds is 1. The molecule has 1 rings (SSSR count). The summed E-state index contributed by atoms with van der Waals surface area (Å²) < 4.78 is 5.14. The van der Waals surface area contributed by atoms with E-state index in [2.05, 4.69) is 5.32 Å². The monoisotopic (exact) mass is 240 g/mol. The highest BCUT2D eigenvalue weighted by molar-refractivity contribution is 5.68. The quantitative estimate of drug-likeness (QED) is 0.683. The number of nitrogens with zero attached hydrogens (tertiary/aromatic N) is 1. The summed E-state index contributed by atoms with van der Waals surface area (Å²) in [5, 5.41) is 21.2. The van der Waals surface area contributed by atoms with Gasteiger partial charge in [0.15, 0.2) is 5.60 Å². The second-order valence-electron chi connectivity index (χ2n) is 5.56. The number of nitriles is 1. The van der Waals surface area contributed by atoms with Crippen LogP contribution in [-0.2, 0) is 4.74 Å². The van der Waals surface area contributed by atoms with Crippen LogP contribution in [0.2, 0.25) is 0 Å². The van der Waals surface area contributed by atoms with Crippen LogP contribution in [-0.4, -0.2) is 28.4 Å². The van der Waals surface area contributed by atoms with Crippen molar-refractivity contribution in [1.29, 1.82) is 5.26 Å². The Morgan fingerprint density at radius 3 is 2.41 bits per heavy atom. The van der Waals surface area contributed by atoms with E-state index in [1.165, 1.54) is 0 Å². The molecule has 0 radical (unpaired) electrons. The Labute approximate surface area is 102 Å². The summed E-state index contributed by atoms with van der Waals surface area (Å²) in [4.78, 5) is 11.5. The predicted octanol–water partition coefficient (Wildman–Crippen LogP) is 1.71. The Morgan fingerprint density at radius 2 is 2.00 bits per heavy atom. The molecular formula is C12H20N2O3. The van der Waals surface area contributed by atoms with Crippen molar-refractivity contribution >= 4 is 6.09 Å². The fourth-order valence-corrected chi connectivity index (χ4v) is 1.83. The molecule has 0 aromatic carbocycles. The predicted molar refractivity (Wildman–Crippen MR) is 62.2 cm³/mol. The number of hydrogen-bond acceptors (Lipinski definition) is 4. The highest BCUT2D eigenvalue weighted by Gasteiger charge is 2.34. The van der Waals surface area contributed by atoms with Crippen molar-refractivity contribution in [3.05, 3.63) is 0 Å². The molecule has 0 heterocycles. The van der Waals surface area contributed by atoms with Gasteiger partial charge in [-0.2, -0.15) is 5.26 Å². The molecule has 96 valence electrons. The van der Waals surface area contributed by atoms with Crippen molar-refractivity contribution in [3.8, 4) is 6.07 Å². The number of amides is 1. The molecule has 0 aromatic rings. The summed E-state index contributed by atoms with van der Waals surface area (Å²) in [7, 11) is 0. The van der Waals surface area contributed by atoms with Gasteiger partial charge in [0.25, 0.3) is 0 Å². The summed E-state index contributed by atoms with van der Waals surface area (Å²) in [5.74, 6) is 0. The van der Waals surface area contributed by atoms with Crippen molar-refractivity contribution < 1.29 is 14.6 Å². The van der Waals surface area contributed by atoms with Crippen LogP contribution in [0.15, 0.2) is 0 Å². The Kier molecular flexibility index (Phi) is 3.99. The first kappa shape index (κ1) is 13.8. The minimum atomic E-state index is -1.22. The molecule has 1 fully saturated rings. The lowest BCUT2D eigenvalue weighted by atomic mass is 9.83. The van der Waals surface area contributed by atoms with Gasteiger partial charge >= 0.3 is 6.09 Å². The fraction of sp³-hybridized carbons (Fsp3) is 0.833. The largest absolute Gasteiger partial charge is 0.444 e. The smallest absolute Gasteiger partial charge is 0.407 e. The zero-order chi connectivity index (χ0) is 13.1. The molecular weight excluding hydrogens is 220 g/mol. The van der Waals surface area contributed by atoms with Crippen molar-refractivity contribution in [2.45, 2.75) is 63.7 Å². The summed E-state index contributed by atoms with van der Waals surface area (Å²) in [5.41, 5.74) is -1.72. The maximum Gasteiger partial charge on any atom is 0.407 e. The number of ether oxygens (including phenoxy) is 1. The van der Waals surface area contributed by atoms with Gasteiger partial charge in [-0.3, -0.25) is 0 Å². The highest BCUT2D eigenvalue weighted by Crippen LogP contribution is 2.27. The van der Waals surface area contributed by atoms with E-state index in [1.807, 2.05) is 26.8 Å².